The maximum absolute atomic E-state index is 10.7. The van der Waals surface area contributed by atoms with E-state index in [2.05, 4.69) is 4.98 Å². The van der Waals surface area contributed by atoms with E-state index in [-0.39, 0.29) is 5.56 Å². The summed E-state index contributed by atoms with van der Waals surface area (Å²) >= 11 is 0. The Morgan fingerprint density at radius 2 is 2.00 bits per heavy atom. The maximum atomic E-state index is 10.7. The zero-order chi connectivity index (χ0) is 12.4. The van der Waals surface area contributed by atoms with Crippen molar-refractivity contribution in [2.75, 3.05) is 0 Å². The van der Waals surface area contributed by atoms with E-state index in [4.69, 9.17) is 9.52 Å². The molecule has 4 heteroatoms. The number of aryl methyl sites for hydroxylation is 2. The van der Waals surface area contributed by atoms with Crippen LogP contribution in [0.15, 0.2) is 28.7 Å². The molecule has 0 aliphatic carbocycles. The number of carboxylic acid groups (broad SMARTS) is 1. The fourth-order valence-corrected chi connectivity index (χ4v) is 1.71. The second-order valence-electron chi connectivity index (χ2n) is 3.74. The first-order chi connectivity index (χ1) is 8.11. The van der Waals surface area contributed by atoms with Crippen LogP contribution >= 0.6 is 0 Å². The highest BCUT2D eigenvalue weighted by Crippen LogP contribution is 2.24. The molecule has 0 spiro atoms. The lowest BCUT2D eigenvalue weighted by molar-refractivity contribution is 0.0697. The van der Waals surface area contributed by atoms with Gasteiger partial charge in [0.05, 0.1) is 5.56 Å². The zero-order valence-electron chi connectivity index (χ0n) is 9.73. The first-order valence-corrected chi connectivity index (χ1v) is 5.42. The molecule has 0 radical (unpaired) electrons. The smallest absolute Gasteiger partial charge is 0.335 e. The molecule has 4 nitrogen and oxygen atoms in total. The van der Waals surface area contributed by atoms with Gasteiger partial charge in [0.25, 0.3) is 0 Å². The van der Waals surface area contributed by atoms with E-state index >= 15 is 0 Å². The Bertz CT molecular complexity index is 540. The van der Waals surface area contributed by atoms with Crippen LogP contribution in [0.2, 0.25) is 0 Å². The molecule has 0 aliphatic heterocycles. The van der Waals surface area contributed by atoms with Gasteiger partial charge in [-0.1, -0.05) is 19.1 Å². The molecule has 0 saturated carbocycles. The van der Waals surface area contributed by atoms with Gasteiger partial charge in [-0.05, 0) is 12.1 Å². The van der Waals surface area contributed by atoms with Gasteiger partial charge < -0.3 is 9.52 Å². The van der Waals surface area contributed by atoms with E-state index in [0.29, 0.717) is 5.89 Å². The summed E-state index contributed by atoms with van der Waals surface area (Å²) in [7, 11) is 0. The standard InChI is InChI=1S/C13H13NO3/c1-3-11-12(14-8(2)17-11)9-4-6-10(7-5-9)13(15)16/h4-7H,3H2,1-2H3,(H,15,16). The van der Waals surface area contributed by atoms with Gasteiger partial charge in [-0.3, -0.25) is 0 Å². The molecule has 0 saturated heterocycles. The fraction of sp³-hybridized carbons (Fsp3) is 0.231. The van der Waals surface area contributed by atoms with Crippen LogP contribution in [-0.2, 0) is 6.42 Å². The lowest BCUT2D eigenvalue weighted by Gasteiger charge is -1.99. The van der Waals surface area contributed by atoms with Crippen molar-refractivity contribution in [1.82, 2.24) is 4.98 Å². The van der Waals surface area contributed by atoms with E-state index in [1.807, 2.05) is 6.92 Å². The Kier molecular flexibility index (Phi) is 2.95. The lowest BCUT2D eigenvalue weighted by atomic mass is 10.1. The summed E-state index contributed by atoms with van der Waals surface area (Å²) in [5, 5.41) is 8.82. The third-order valence-corrected chi connectivity index (χ3v) is 2.53. The van der Waals surface area contributed by atoms with E-state index in [0.717, 1.165) is 23.4 Å². The van der Waals surface area contributed by atoms with Crippen molar-refractivity contribution in [2.45, 2.75) is 20.3 Å². The first kappa shape index (κ1) is 11.4. The minimum atomic E-state index is -0.927. The van der Waals surface area contributed by atoms with Crippen molar-refractivity contribution >= 4 is 5.97 Å². The van der Waals surface area contributed by atoms with Crippen molar-refractivity contribution < 1.29 is 14.3 Å². The number of aromatic carboxylic acids is 1. The Morgan fingerprint density at radius 1 is 1.35 bits per heavy atom. The van der Waals surface area contributed by atoms with Gasteiger partial charge in [0.2, 0.25) is 0 Å². The van der Waals surface area contributed by atoms with E-state index < -0.39 is 5.97 Å². The molecular weight excluding hydrogens is 218 g/mol. The van der Waals surface area contributed by atoms with Crippen LogP contribution in [0.4, 0.5) is 0 Å². The lowest BCUT2D eigenvalue weighted by Crippen LogP contribution is -1.95. The van der Waals surface area contributed by atoms with Gasteiger partial charge >= 0.3 is 5.97 Å². The molecule has 0 bridgehead atoms. The highest BCUT2D eigenvalue weighted by molar-refractivity contribution is 5.88. The van der Waals surface area contributed by atoms with Gasteiger partial charge in [-0.15, -0.1) is 0 Å². The number of aromatic nitrogens is 1. The number of hydrogen-bond donors (Lipinski definition) is 1. The average Bonchev–Trinajstić information content (AvgIpc) is 2.70. The minimum Gasteiger partial charge on any atom is -0.478 e. The molecule has 17 heavy (non-hydrogen) atoms. The average molecular weight is 231 g/mol. The van der Waals surface area contributed by atoms with Crippen LogP contribution in [0.3, 0.4) is 0 Å². The molecule has 88 valence electrons. The molecule has 1 aromatic heterocycles. The molecule has 0 atom stereocenters. The van der Waals surface area contributed by atoms with Crippen LogP contribution in [0.25, 0.3) is 11.3 Å². The summed E-state index contributed by atoms with van der Waals surface area (Å²) in [5.74, 6) is 0.522. The highest BCUT2D eigenvalue weighted by Gasteiger charge is 2.12. The molecule has 2 rings (SSSR count). The van der Waals surface area contributed by atoms with Crippen LogP contribution in [0.5, 0.6) is 0 Å². The molecule has 0 fully saturated rings. The van der Waals surface area contributed by atoms with Crippen molar-refractivity contribution in [2.24, 2.45) is 0 Å². The molecule has 2 aromatic rings. The second kappa shape index (κ2) is 4.41. The number of carbonyl (C=O) groups is 1. The molecule has 0 unspecified atom stereocenters. The van der Waals surface area contributed by atoms with Crippen molar-refractivity contribution in [3.05, 3.63) is 41.5 Å². The Morgan fingerprint density at radius 3 is 2.53 bits per heavy atom. The van der Waals surface area contributed by atoms with Gasteiger partial charge in [0, 0.05) is 18.9 Å². The summed E-state index contributed by atoms with van der Waals surface area (Å²) in [4.78, 5) is 15.1. The number of rotatable bonds is 3. The summed E-state index contributed by atoms with van der Waals surface area (Å²) in [6, 6.07) is 6.64. The predicted octanol–water partition coefficient (Wildman–Crippen LogP) is 2.91. The molecule has 1 heterocycles. The fourth-order valence-electron chi connectivity index (χ4n) is 1.71. The van der Waals surface area contributed by atoms with Crippen LogP contribution in [-0.4, -0.2) is 16.1 Å². The largest absolute Gasteiger partial charge is 0.478 e. The Hall–Kier alpha value is -2.10. The van der Waals surface area contributed by atoms with E-state index in [1.54, 1.807) is 31.2 Å². The number of hydrogen-bond acceptors (Lipinski definition) is 3. The van der Waals surface area contributed by atoms with Crippen LogP contribution in [0.1, 0.15) is 28.9 Å². The SMILES string of the molecule is CCc1oc(C)nc1-c1ccc(C(=O)O)cc1. The minimum absolute atomic E-state index is 0.270. The second-order valence-corrected chi connectivity index (χ2v) is 3.74. The normalized spacial score (nSPS) is 10.5. The number of nitrogens with zero attached hydrogens (tertiary/aromatic N) is 1. The molecule has 1 N–H and O–H groups in total. The summed E-state index contributed by atoms with van der Waals surface area (Å²) < 4.78 is 5.47. The van der Waals surface area contributed by atoms with Crippen LogP contribution < -0.4 is 0 Å². The monoisotopic (exact) mass is 231 g/mol. The van der Waals surface area contributed by atoms with Gasteiger partial charge in [0.1, 0.15) is 11.5 Å². The molecule has 0 amide bonds. The van der Waals surface area contributed by atoms with Gasteiger partial charge in [-0.25, -0.2) is 9.78 Å². The molecule has 1 aromatic carbocycles. The van der Waals surface area contributed by atoms with Gasteiger partial charge in [0.15, 0.2) is 5.89 Å². The predicted molar refractivity (Wildman–Crippen MR) is 63.0 cm³/mol. The van der Waals surface area contributed by atoms with Crippen molar-refractivity contribution in [3.8, 4) is 11.3 Å². The number of oxazole rings is 1. The van der Waals surface area contributed by atoms with Crippen molar-refractivity contribution in [1.29, 1.82) is 0 Å². The highest BCUT2D eigenvalue weighted by atomic mass is 16.4. The quantitative estimate of drug-likeness (QED) is 0.882. The maximum Gasteiger partial charge on any atom is 0.335 e. The third-order valence-electron chi connectivity index (χ3n) is 2.53. The summed E-state index contributed by atoms with van der Waals surface area (Å²) in [6.45, 7) is 3.79. The Balaban J connectivity index is 2.42. The van der Waals surface area contributed by atoms with E-state index in [9.17, 15) is 4.79 Å². The van der Waals surface area contributed by atoms with Crippen LogP contribution in [0, 0.1) is 6.92 Å². The number of benzene rings is 1. The first-order valence-electron chi connectivity index (χ1n) is 5.42. The summed E-state index contributed by atoms with van der Waals surface area (Å²) in [5.41, 5.74) is 1.94. The zero-order valence-corrected chi connectivity index (χ0v) is 9.73. The van der Waals surface area contributed by atoms with Crippen molar-refractivity contribution in [3.63, 3.8) is 0 Å². The topological polar surface area (TPSA) is 63.3 Å². The van der Waals surface area contributed by atoms with Gasteiger partial charge in [-0.2, -0.15) is 0 Å². The summed E-state index contributed by atoms with van der Waals surface area (Å²) in [6.07, 6.45) is 0.761. The third kappa shape index (κ3) is 2.20. The number of carboxylic acids is 1. The van der Waals surface area contributed by atoms with E-state index in [1.165, 1.54) is 0 Å². The molecule has 0 aliphatic rings. The molecular formula is C13H13NO3. The Labute approximate surface area is 98.9 Å².